The van der Waals surface area contributed by atoms with E-state index < -0.39 is 5.97 Å². The Bertz CT molecular complexity index is 217. The van der Waals surface area contributed by atoms with Crippen molar-refractivity contribution >= 4 is 0 Å². The summed E-state index contributed by atoms with van der Waals surface area (Å²) in [6.07, 6.45) is 2.00. The van der Waals surface area contributed by atoms with Crippen LogP contribution in [0.4, 0.5) is 0 Å². The zero-order valence-corrected chi connectivity index (χ0v) is 10.5. The van der Waals surface area contributed by atoms with Gasteiger partial charge in [-0.25, -0.2) is 0 Å². The minimum absolute atomic E-state index is 0.0496. The molecule has 94 valence electrons. The van der Waals surface area contributed by atoms with Crippen molar-refractivity contribution in [2.75, 3.05) is 33.5 Å². The molecule has 0 radical (unpaired) electrons. The van der Waals surface area contributed by atoms with Crippen LogP contribution in [0.5, 0.6) is 0 Å². The van der Waals surface area contributed by atoms with Gasteiger partial charge in [0, 0.05) is 25.0 Å². The van der Waals surface area contributed by atoms with Crippen LogP contribution < -0.4 is 0 Å². The number of hydrogen-bond acceptors (Lipinski definition) is 4. The second-order valence-corrected chi connectivity index (χ2v) is 5.32. The van der Waals surface area contributed by atoms with Crippen molar-refractivity contribution in [1.29, 1.82) is 0 Å². The molecule has 0 aromatic rings. The van der Waals surface area contributed by atoms with Gasteiger partial charge in [-0.15, -0.1) is 0 Å². The third-order valence-corrected chi connectivity index (χ3v) is 3.45. The second-order valence-electron chi connectivity index (χ2n) is 5.32. The predicted octanol–water partition coefficient (Wildman–Crippen LogP) is 1.79. The molecule has 3 rings (SSSR count). The summed E-state index contributed by atoms with van der Waals surface area (Å²) >= 11 is 0. The summed E-state index contributed by atoms with van der Waals surface area (Å²) in [7, 11) is 1.72. The third-order valence-electron chi connectivity index (χ3n) is 3.45. The maximum absolute atomic E-state index is 5.77. The molecule has 3 heterocycles. The summed E-state index contributed by atoms with van der Waals surface area (Å²) < 4.78 is 22.4. The molecule has 1 atom stereocenters. The first kappa shape index (κ1) is 12.3. The quantitative estimate of drug-likeness (QED) is 0.675. The lowest BCUT2D eigenvalue weighted by molar-refractivity contribution is -0.482. The average molecular weight is 230 g/mol. The topological polar surface area (TPSA) is 36.9 Å². The van der Waals surface area contributed by atoms with E-state index in [0.717, 1.165) is 39.3 Å². The molecule has 4 heteroatoms. The van der Waals surface area contributed by atoms with Crippen LogP contribution in [0, 0.1) is 11.3 Å². The first-order valence-electron chi connectivity index (χ1n) is 6.01. The third kappa shape index (κ3) is 2.25. The van der Waals surface area contributed by atoms with Crippen LogP contribution in [0.25, 0.3) is 0 Å². The molecule has 3 aliphatic heterocycles. The normalized spacial score (nSPS) is 39.9. The molecule has 3 saturated heterocycles. The maximum Gasteiger partial charge on any atom is 0.285 e. The van der Waals surface area contributed by atoms with Crippen molar-refractivity contribution in [3.63, 3.8) is 0 Å². The largest absolute Gasteiger partial charge is 0.385 e. The molecule has 0 N–H and O–H groups in total. The minimum Gasteiger partial charge on any atom is -0.385 e. The van der Waals surface area contributed by atoms with Gasteiger partial charge in [-0.05, 0) is 12.8 Å². The Balaban J connectivity index is 1.88. The Labute approximate surface area is 97.2 Å². The van der Waals surface area contributed by atoms with Gasteiger partial charge in [0.25, 0.3) is 5.97 Å². The van der Waals surface area contributed by atoms with Gasteiger partial charge in [-0.3, -0.25) is 0 Å². The van der Waals surface area contributed by atoms with Crippen LogP contribution in [0.15, 0.2) is 0 Å². The van der Waals surface area contributed by atoms with E-state index in [1.807, 2.05) is 0 Å². The highest BCUT2D eigenvalue weighted by Gasteiger charge is 2.53. The van der Waals surface area contributed by atoms with Gasteiger partial charge in [-0.2, -0.15) is 0 Å². The van der Waals surface area contributed by atoms with Crippen molar-refractivity contribution in [3.8, 4) is 0 Å². The van der Waals surface area contributed by atoms with Crippen LogP contribution in [-0.2, 0) is 18.9 Å². The number of ether oxygens (including phenoxy) is 4. The van der Waals surface area contributed by atoms with Crippen molar-refractivity contribution < 1.29 is 18.9 Å². The Morgan fingerprint density at radius 3 is 2.25 bits per heavy atom. The van der Waals surface area contributed by atoms with Gasteiger partial charge in [-0.1, -0.05) is 13.8 Å². The Hall–Kier alpha value is -0.160. The molecule has 3 aliphatic rings. The average Bonchev–Trinajstić information content (AvgIpc) is 2.31. The molecule has 0 aromatic carbocycles. The second kappa shape index (κ2) is 4.61. The van der Waals surface area contributed by atoms with Gasteiger partial charge in [0.15, 0.2) is 0 Å². The molecule has 1 unspecified atom stereocenters. The fraction of sp³-hybridized carbons (Fsp3) is 1.00. The Morgan fingerprint density at radius 2 is 1.75 bits per heavy atom. The lowest BCUT2D eigenvalue weighted by Gasteiger charge is -2.52. The van der Waals surface area contributed by atoms with E-state index >= 15 is 0 Å². The van der Waals surface area contributed by atoms with Gasteiger partial charge < -0.3 is 18.9 Å². The van der Waals surface area contributed by atoms with Gasteiger partial charge in [0.2, 0.25) is 0 Å². The first-order chi connectivity index (χ1) is 7.60. The number of methoxy groups -OCH3 is 1. The minimum atomic E-state index is -0.786. The smallest absolute Gasteiger partial charge is 0.285 e. The van der Waals surface area contributed by atoms with Crippen LogP contribution >= 0.6 is 0 Å². The van der Waals surface area contributed by atoms with E-state index in [2.05, 4.69) is 13.8 Å². The van der Waals surface area contributed by atoms with Crippen molar-refractivity contribution in [2.45, 2.75) is 32.7 Å². The SMILES string of the molecule is COCCCC(C)C12OCC(C)(CO1)CO2. The highest BCUT2D eigenvalue weighted by atomic mass is 16.9. The maximum atomic E-state index is 5.77. The van der Waals surface area contributed by atoms with E-state index in [0.29, 0.717) is 0 Å². The monoisotopic (exact) mass is 230 g/mol. The van der Waals surface area contributed by atoms with Crippen molar-refractivity contribution in [3.05, 3.63) is 0 Å². The molecule has 0 amide bonds. The van der Waals surface area contributed by atoms with Crippen LogP contribution in [-0.4, -0.2) is 39.5 Å². The van der Waals surface area contributed by atoms with E-state index in [1.54, 1.807) is 7.11 Å². The zero-order chi connectivity index (χ0) is 11.6. The van der Waals surface area contributed by atoms with Gasteiger partial charge in [0.05, 0.1) is 19.8 Å². The highest BCUT2D eigenvalue weighted by Crippen LogP contribution is 2.42. The van der Waals surface area contributed by atoms with Crippen molar-refractivity contribution in [2.24, 2.45) is 11.3 Å². The summed E-state index contributed by atoms with van der Waals surface area (Å²) in [5.41, 5.74) is 0.0496. The van der Waals surface area contributed by atoms with E-state index in [1.165, 1.54) is 0 Å². The highest BCUT2D eigenvalue weighted by molar-refractivity contribution is 4.86. The number of rotatable bonds is 5. The summed E-state index contributed by atoms with van der Waals surface area (Å²) in [6.45, 7) is 7.23. The molecular weight excluding hydrogens is 208 g/mol. The fourth-order valence-corrected chi connectivity index (χ4v) is 2.21. The lowest BCUT2D eigenvalue weighted by Crippen LogP contribution is -2.61. The van der Waals surface area contributed by atoms with Crippen LogP contribution in [0.3, 0.4) is 0 Å². The molecule has 0 aromatic heterocycles. The van der Waals surface area contributed by atoms with Gasteiger partial charge in [0.1, 0.15) is 0 Å². The Morgan fingerprint density at radius 1 is 1.19 bits per heavy atom. The summed E-state index contributed by atoms with van der Waals surface area (Å²) in [5.74, 6) is -0.543. The van der Waals surface area contributed by atoms with E-state index in [4.69, 9.17) is 18.9 Å². The van der Waals surface area contributed by atoms with E-state index in [-0.39, 0.29) is 11.3 Å². The molecule has 2 bridgehead atoms. The van der Waals surface area contributed by atoms with Crippen molar-refractivity contribution in [1.82, 2.24) is 0 Å². The molecule has 0 spiro atoms. The zero-order valence-electron chi connectivity index (χ0n) is 10.5. The number of hydrogen-bond donors (Lipinski definition) is 0. The summed E-state index contributed by atoms with van der Waals surface area (Å²) in [6, 6.07) is 0. The van der Waals surface area contributed by atoms with Crippen LogP contribution in [0.2, 0.25) is 0 Å². The summed E-state index contributed by atoms with van der Waals surface area (Å²) in [5, 5.41) is 0. The predicted molar refractivity (Wildman–Crippen MR) is 59.0 cm³/mol. The molecule has 16 heavy (non-hydrogen) atoms. The fourth-order valence-electron chi connectivity index (χ4n) is 2.21. The Kier molecular flexibility index (Phi) is 3.54. The lowest BCUT2D eigenvalue weighted by atomic mass is 9.89. The molecular formula is C12H22O4. The number of fused-ring (bicyclic) bond motifs is 3. The summed E-state index contributed by atoms with van der Waals surface area (Å²) in [4.78, 5) is 0. The molecule has 3 fully saturated rings. The molecule has 0 aliphatic carbocycles. The molecule has 4 nitrogen and oxygen atoms in total. The van der Waals surface area contributed by atoms with Crippen LogP contribution in [0.1, 0.15) is 26.7 Å². The standard InChI is InChI=1S/C12H22O4/c1-10(5-4-6-13-3)12-14-7-11(2,8-15-12)9-16-12/h10H,4-9H2,1-3H3. The van der Waals surface area contributed by atoms with E-state index in [9.17, 15) is 0 Å². The molecule has 0 saturated carbocycles. The first-order valence-corrected chi connectivity index (χ1v) is 6.01. The van der Waals surface area contributed by atoms with Gasteiger partial charge >= 0.3 is 0 Å².